The van der Waals surface area contributed by atoms with Gasteiger partial charge in [-0.2, -0.15) is 0 Å². The molecule has 8 nitrogen and oxygen atoms in total. The van der Waals surface area contributed by atoms with Crippen molar-refractivity contribution in [3.8, 4) is 17.2 Å². The SMILES string of the molecule is COc1cc(/C=C/C(=O)N2CCC(n3c(=O)[nH]c4ccccc43)CC2)cc(OC)c1OC. The molecule has 0 spiro atoms. The Labute approximate surface area is 186 Å². The van der Waals surface area contributed by atoms with Crippen LogP contribution in [-0.2, 0) is 4.79 Å². The number of aromatic amines is 1. The minimum atomic E-state index is -0.0988. The van der Waals surface area contributed by atoms with Crippen molar-refractivity contribution in [3.05, 3.63) is 58.5 Å². The monoisotopic (exact) mass is 437 g/mol. The summed E-state index contributed by atoms with van der Waals surface area (Å²) < 4.78 is 17.9. The average Bonchev–Trinajstić information content (AvgIpc) is 3.17. The number of likely N-dealkylation sites (tertiary alicyclic amines) is 1. The molecule has 1 amide bonds. The number of para-hydroxylation sites is 2. The fourth-order valence-corrected chi connectivity index (χ4v) is 4.25. The van der Waals surface area contributed by atoms with E-state index in [1.165, 1.54) is 0 Å². The third-order valence-corrected chi connectivity index (χ3v) is 5.87. The Morgan fingerprint density at radius 1 is 1.03 bits per heavy atom. The van der Waals surface area contributed by atoms with Crippen LogP contribution in [-0.4, -0.2) is 54.8 Å². The second kappa shape index (κ2) is 9.21. The number of imidazole rings is 1. The maximum Gasteiger partial charge on any atom is 0.326 e. The zero-order valence-corrected chi connectivity index (χ0v) is 18.5. The number of nitrogens with one attached hydrogen (secondary N) is 1. The van der Waals surface area contributed by atoms with Gasteiger partial charge in [0.1, 0.15) is 0 Å². The highest BCUT2D eigenvalue weighted by molar-refractivity contribution is 5.92. The number of nitrogens with zero attached hydrogens (tertiary/aromatic N) is 2. The number of carbonyl (C=O) groups excluding carboxylic acids is 1. The summed E-state index contributed by atoms with van der Waals surface area (Å²) in [5.74, 6) is 1.50. The van der Waals surface area contributed by atoms with Crippen LogP contribution in [0.15, 0.2) is 47.3 Å². The summed E-state index contributed by atoms with van der Waals surface area (Å²) in [4.78, 5) is 29.9. The van der Waals surface area contributed by atoms with E-state index >= 15 is 0 Å². The molecule has 0 unspecified atom stereocenters. The lowest BCUT2D eigenvalue weighted by molar-refractivity contribution is -0.127. The van der Waals surface area contributed by atoms with E-state index in [1.54, 1.807) is 45.6 Å². The van der Waals surface area contributed by atoms with Crippen LogP contribution >= 0.6 is 0 Å². The summed E-state index contributed by atoms with van der Waals surface area (Å²) in [5.41, 5.74) is 2.42. The first kappa shape index (κ1) is 21.5. The molecular formula is C24H27N3O5. The second-order valence-electron chi connectivity index (χ2n) is 7.67. The van der Waals surface area contributed by atoms with Gasteiger partial charge in [-0.25, -0.2) is 4.79 Å². The lowest BCUT2D eigenvalue weighted by atomic mass is 10.0. The van der Waals surface area contributed by atoms with E-state index in [0.29, 0.717) is 30.3 Å². The summed E-state index contributed by atoms with van der Waals surface area (Å²) in [7, 11) is 4.66. The third kappa shape index (κ3) is 4.08. The number of hydrogen-bond donors (Lipinski definition) is 1. The number of aromatic nitrogens is 2. The number of benzene rings is 2. The van der Waals surface area contributed by atoms with E-state index in [2.05, 4.69) is 4.98 Å². The molecule has 1 saturated heterocycles. The molecule has 0 saturated carbocycles. The number of rotatable bonds is 6. The summed E-state index contributed by atoms with van der Waals surface area (Å²) in [6.07, 6.45) is 4.75. The minimum Gasteiger partial charge on any atom is -0.493 e. The number of fused-ring (bicyclic) bond motifs is 1. The van der Waals surface area contributed by atoms with Gasteiger partial charge in [0.15, 0.2) is 11.5 Å². The number of amides is 1. The average molecular weight is 437 g/mol. The molecule has 32 heavy (non-hydrogen) atoms. The van der Waals surface area contributed by atoms with E-state index in [9.17, 15) is 9.59 Å². The van der Waals surface area contributed by atoms with Gasteiger partial charge in [-0.15, -0.1) is 0 Å². The van der Waals surface area contributed by atoms with Gasteiger partial charge in [0, 0.05) is 25.2 Å². The molecule has 168 valence electrons. The largest absolute Gasteiger partial charge is 0.493 e. The molecule has 8 heteroatoms. The summed E-state index contributed by atoms with van der Waals surface area (Å²) >= 11 is 0. The molecule has 0 atom stereocenters. The highest BCUT2D eigenvalue weighted by atomic mass is 16.5. The summed E-state index contributed by atoms with van der Waals surface area (Å²) in [6.45, 7) is 1.18. The van der Waals surface area contributed by atoms with Crippen molar-refractivity contribution in [1.82, 2.24) is 14.5 Å². The van der Waals surface area contributed by atoms with Crippen molar-refractivity contribution < 1.29 is 19.0 Å². The molecule has 3 aromatic rings. The summed E-state index contributed by atoms with van der Waals surface area (Å²) in [5, 5.41) is 0. The Morgan fingerprint density at radius 3 is 2.31 bits per heavy atom. The number of carbonyl (C=O) groups is 1. The van der Waals surface area contributed by atoms with Gasteiger partial charge in [0.25, 0.3) is 0 Å². The van der Waals surface area contributed by atoms with Gasteiger partial charge in [-0.1, -0.05) is 12.1 Å². The predicted molar refractivity (Wildman–Crippen MR) is 123 cm³/mol. The molecular weight excluding hydrogens is 410 g/mol. The maximum absolute atomic E-state index is 12.8. The van der Waals surface area contributed by atoms with Crippen LogP contribution in [0.3, 0.4) is 0 Å². The fourth-order valence-electron chi connectivity index (χ4n) is 4.25. The van der Waals surface area contributed by atoms with E-state index in [0.717, 1.165) is 29.4 Å². The Balaban J connectivity index is 1.44. The number of hydrogen-bond acceptors (Lipinski definition) is 5. The molecule has 1 N–H and O–H groups in total. The van der Waals surface area contributed by atoms with Crippen molar-refractivity contribution in [3.63, 3.8) is 0 Å². The molecule has 0 radical (unpaired) electrons. The van der Waals surface area contributed by atoms with Crippen molar-refractivity contribution in [2.75, 3.05) is 34.4 Å². The van der Waals surface area contributed by atoms with E-state index in [-0.39, 0.29) is 17.6 Å². The van der Waals surface area contributed by atoms with Gasteiger partial charge in [0.05, 0.1) is 32.4 Å². The van der Waals surface area contributed by atoms with Gasteiger partial charge < -0.3 is 24.1 Å². The summed E-state index contributed by atoms with van der Waals surface area (Å²) in [6, 6.07) is 11.3. The minimum absolute atomic E-state index is 0.0662. The molecule has 1 fully saturated rings. The lowest BCUT2D eigenvalue weighted by Crippen LogP contribution is -2.39. The van der Waals surface area contributed by atoms with Crippen molar-refractivity contribution in [2.24, 2.45) is 0 Å². The van der Waals surface area contributed by atoms with Gasteiger partial charge in [-0.05, 0) is 48.7 Å². The number of methoxy groups -OCH3 is 3. The standard InChI is InChI=1S/C24H27N3O5/c1-30-20-14-16(15-21(31-2)23(20)32-3)8-9-22(28)26-12-10-17(11-13-26)27-19-7-5-4-6-18(19)25-24(27)29/h4-9,14-15,17H,10-13H2,1-3H3,(H,25,29)/b9-8+. The van der Waals surface area contributed by atoms with Crippen molar-refractivity contribution >= 4 is 23.0 Å². The molecule has 1 aromatic heterocycles. The van der Waals surface area contributed by atoms with E-state index in [4.69, 9.17) is 14.2 Å². The Morgan fingerprint density at radius 2 is 1.69 bits per heavy atom. The van der Waals surface area contributed by atoms with Crippen LogP contribution in [0.4, 0.5) is 0 Å². The maximum atomic E-state index is 12.8. The van der Waals surface area contributed by atoms with E-state index < -0.39 is 0 Å². The van der Waals surface area contributed by atoms with Gasteiger partial charge in [0.2, 0.25) is 11.7 Å². The zero-order chi connectivity index (χ0) is 22.7. The lowest BCUT2D eigenvalue weighted by Gasteiger charge is -2.32. The second-order valence-corrected chi connectivity index (χ2v) is 7.67. The highest BCUT2D eigenvalue weighted by Crippen LogP contribution is 2.38. The first-order chi connectivity index (χ1) is 15.5. The quantitative estimate of drug-likeness (QED) is 0.599. The number of H-pyrrole nitrogens is 1. The van der Waals surface area contributed by atoms with Crippen LogP contribution in [0.1, 0.15) is 24.4 Å². The first-order valence-electron chi connectivity index (χ1n) is 10.5. The Hall–Kier alpha value is -3.68. The highest BCUT2D eigenvalue weighted by Gasteiger charge is 2.25. The van der Waals surface area contributed by atoms with Crippen LogP contribution in [0, 0.1) is 0 Å². The Bertz CT molecular complexity index is 1180. The number of piperidine rings is 1. The van der Waals surface area contributed by atoms with Gasteiger partial charge in [-0.3, -0.25) is 9.36 Å². The zero-order valence-electron chi connectivity index (χ0n) is 18.5. The first-order valence-corrected chi connectivity index (χ1v) is 10.5. The molecule has 1 aliphatic rings. The van der Waals surface area contributed by atoms with Crippen LogP contribution in [0.5, 0.6) is 17.2 Å². The molecule has 4 rings (SSSR count). The number of ether oxygens (including phenoxy) is 3. The molecule has 2 heterocycles. The van der Waals surface area contributed by atoms with Gasteiger partial charge >= 0.3 is 5.69 Å². The molecule has 1 aliphatic heterocycles. The fraction of sp³-hybridized carbons (Fsp3) is 0.333. The van der Waals surface area contributed by atoms with Crippen LogP contribution < -0.4 is 19.9 Å². The van der Waals surface area contributed by atoms with E-state index in [1.807, 2.05) is 33.7 Å². The molecule has 0 aliphatic carbocycles. The predicted octanol–water partition coefficient (Wildman–Crippen LogP) is 3.23. The van der Waals surface area contributed by atoms with Crippen molar-refractivity contribution in [1.29, 1.82) is 0 Å². The smallest absolute Gasteiger partial charge is 0.326 e. The van der Waals surface area contributed by atoms with Crippen LogP contribution in [0.25, 0.3) is 17.1 Å². The topological polar surface area (TPSA) is 85.8 Å². The van der Waals surface area contributed by atoms with Crippen molar-refractivity contribution in [2.45, 2.75) is 18.9 Å². The van der Waals surface area contributed by atoms with Crippen LogP contribution in [0.2, 0.25) is 0 Å². The normalized spacial score (nSPS) is 14.8. The Kier molecular flexibility index (Phi) is 6.20. The third-order valence-electron chi connectivity index (χ3n) is 5.87. The molecule has 0 bridgehead atoms. The molecule has 2 aromatic carbocycles.